The van der Waals surface area contributed by atoms with E-state index in [-0.39, 0.29) is 18.0 Å². The van der Waals surface area contributed by atoms with Crippen LogP contribution < -0.4 is 5.73 Å². The van der Waals surface area contributed by atoms with Gasteiger partial charge in [-0.05, 0) is 37.5 Å². The molecule has 2 rings (SSSR count). The Kier molecular flexibility index (Phi) is 5.07. The Morgan fingerprint density at radius 2 is 2.14 bits per heavy atom. The smallest absolute Gasteiger partial charge is 0.338 e. The van der Waals surface area contributed by atoms with Gasteiger partial charge in [0.15, 0.2) is 0 Å². The van der Waals surface area contributed by atoms with Crippen LogP contribution in [0.2, 0.25) is 0 Å². The van der Waals surface area contributed by atoms with E-state index in [9.17, 15) is 14.1 Å². The van der Waals surface area contributed by atoms with Crippen LogP contribution in [-0.2, 0) is 4.74 Å². The van der Waals surface area contributed by atoms with Crippen molar-refractivity contribution in [3.05, 3.63) is 40.6 Å². The lowest BCUT2D eigenvalue weighted by Crippen LogP contribution is -2.37. The predicted octanol–water partition coefficient (Wildman–Crippen LogP) is 2.50. The van der Waals surface area contributed by atoms with Gasteiger partial charge in [-0.1, -0.05) is 24.0 Å². The molecule has 0 radical (unpaired) electrons. The molecule has 0 saturated carbocycles. The maximum atomic E-state index is 12.9. The normalized spacial score (nSPS) is 21.5. The predicted molar refractivity (Wildman–Crippen MR) is 77.7 cm³/mol. The van der Waals surface area contributed by atoms with Crippen molar-refractivity contribution in [1.29, 1.82) is 0 Å². The SMILES string of the molecule is CC(C#CC1CCC(c2ccc(F)cc2)O1)N(N=O)C(N)=O. The van der Waals surface area contributed by atoms with Crippen molar-refractivity contribution in [1.82, 2.24) is 5.01 Å². The second kappa shape index (κ2) is 7.00. The van der Waals surface area contributed by atoms with Crippen LogP contribution in [0.1, 0.15) is 31.4 Å². The molecule has 0 aliphatic carbocycles. The highest BCUT2D eigenvalue weighted by Crippen LogP contribution is 2.32. The molecule has 3 atom stereocenters. The molecule has 22 heavy (non-hydrogen) atoms. The van der Waals surface area contributed by atoms with Gasteiger partial charge in [-0.25, -0.2) is 9.18 Å². The van der Waals surface area contributed by atoms with Crippen molar-refractivity contribution in [2.45, 2.75) is 38.0 Å². The summed E-state index contributed by atoms with van der Waals surface area (Å²) >= 11 is 0. The number of nitrogens with two attached hydrogens (primary N) is 1. The zero-order valence-electron chi connectivity index (χ0n) is 12.0. The van der Waals surface area contributed by atoms with Gasteiger partial charge in [-0.2, -0.15) is 5.01 Å². The summed E-state index contributed by atoms with van der Waals surface area (Å²) in [5.74, 6) is 5.31. The first kappa shape index (κ1) is 15.9. The summed E-state index contributed by atoms with van der Waals surface area (Å²) < 4.78 is 18.7. The van der Waals surface area contributed by atoms with Gasteiger partial charge in [0.1, 0.15) is 18.0 Å². The lowest BCUT2D eigenvalue weighted by Gasteiger charge is -2.13. The van der Waals surface area contributed by atoms with Crippen molar-refractivity contribution >= 4 is 6.03 Å². The fourth-order valence-corrected chi connectivity index (χ4v) is 2.24. The molecule has 1 heterocycles. The van der Waals surface area contributed by atoms with Crippen LogP contribution in [0.25, 0.3) is 0 Å². The number of carbonyl (C=O) groups is 1. The van der Waals surface area contributed by atoms with Gasteiger partial charge in [0.25, 0.3) is 0 Å². The highest BCUT2D eigenvalue weighted by Gasteiger charge is 2.25. The maximum Gasteiger partial charge on any atom is 0.338 e. The molecule has 1 fully saturated rings. The van der Waals surface area contributed by atoms with E-state index in [1.54, 1.807) is 19.1 Å². The van der Waals surface area contributed by atoms with E-state index in [1.807, 2.05) is 0 Å². The minimum Gasteiger partial charge on any atom is -0.358 e. The van der Waals surface area contributed by atoms with E-state index in [2.05, 4.69) is 17.1 Å². The molecule has 1 aliphatic heterocycles. The Hall–Kier alpha value is -2.46. The summed E-state index contributed by atoms with van der Waals surface area (Å²) in [6.45, 7) is 1.55. The molecule has 3 unspecified atom stereocenters. The summed E-state index contributed by atoms with van der Waals surface area (Å²) in [5, 5.41) is 3.10. The zero-order chi connectivity index (χ0) is 16.1. The Morgan fingerprint density at radius 3 is 2.73 bits per heavy atom. The number of carbonyl (C=O) groups excluding carboxylic acids is 1. The van der Waals surface area contributed by atoms with Crippen LogP contribution in [0, 0.1) is 22.6 Å². The number of urea groups is 1. The van der Waals surface area contributed by atoms with Crippen molar-refractivity contribution < 1.29 is 13.9 Å². The van der Waals surface area contributed by atoms with Crippen LogP contribution in [0.3, 0.4) is 0 Å². The number of rotatable bonds is 3. The largest absolute Gasteiger partial charge is 0.358 e. The maximum absolute atomic E-state index is 12.9. The molecular weight excluding hydrogens is 289 g/mol. The van der Waals surface area contributed by atoms with Crippen molar-refractivity contribution in [2.75, 3.05) is 0 Å². The summed E-state index contributed by atoms with van der Waals surface area (Å²) in [5.41, 5.74) is 5.90. The van der Waals surface area contributed by atoms with Gasteiger partial charge in [0, 0.05) is 0 Å². The van der Waals surface area contributed by atoms with Crippen molar-refractivity contribution in [3.63, 3.8) is 0 Å². The Bertz CT molecular complexity index is 609. The third-order valence-corrected chi connectivity index (χ3v) is 3.40. The van der Waals surface area contributed by atoms with E-state index < -0.39 is 12.1 Å². The van der Waals surface area contributed by atoms with Crippen LogP contribution in [0.15, 0.2) is 29.6 Å². The summed E-state index contributed by atoms with van der Waals surface area (Å²) in [7, 11) is 0. The second-order valence-corrected chi connectivity index (χ2v) is 4.97. The number of amides is 2. The van der Waals surface area contributed by atoms with Gasteiger partial charge in [0.05, 0.1) is 11.4 Å². The second-order valence-electron chi connectivity index (χ2n) is 4.97. The number of halogens is 1. The molecule has 116 valence electrons. The Balaban J connectivity index is 1.97. The molecule has 1 aromatic carbocycles. The molecule has 0 bridgehead atoms. The van der Waals surface area contributed by atoms with Gasteiger partial charge >= 0.3 is 6.03 Å². The number of hydrogen-bond donors (Lipinski definition) is 1. The molecule has 1 saturated heterocycles. The van der Waals surface area contributed by atoms with Crippen LogP contribution in [0.5, 0.6) is 0 Å². The van der Waals surface area contributed by atoms with Crippen molar-refractivity contribution in [2.24, 2.45) is 11.0 Å². The molecule has 0 aromatic heterocycles. The fraction of sp³-hybridized carbons (Fsp3) is 0.400. The quantitative estimate of drug-likeness (QED) is 0.529. The zero-order valence-corrected chi connectivity index (χ0v) is 12.0. The van der Waals surface area contributed by atoms with Crippen LogP contribution >= 0.6 is 0 Å². The third-order valence-electron chi connectivity index (χ3n) is 3.40. The molecule has 7 heteroatoms. The van der Waals surface area contributed by atoms with Gasteiger partial charge in [-0.3, -0.25) is 0 Å². The van der Waals surface area contributed by atoms with Crippen LogP contribution in [-0.4, -0.2) is 23.2 Å². The molecule has 2 amide bonds. The van der Waals surface area contributed by atoms with Gasteiger partial charge in [-0.15, -0.1) is 4.91 Å². The minimum absolute atomic E-state index is 0.133. The van der Waals surface area contributed by atoms with Gasteiger partial charge < -0.3 is 10.5 Å². The summed E-state index contributed by atoms with van der Waals surface area (Å²) in [6, 6.07) is 4.48. The molecule has 2 N–H and O–H groups in total. The third kappa shape index (κ3) is 3.80. The minimum atomic E-state index is -0.951. The molecule has 6 nitrogen and oxygen atoms in total. The van der Waals surface area contributed by atoms with Crippen molar-refractivity contribution in [3.8, 4) is 11.8 Å². The number of benzene rings is 1. The van der Waals surface area contributed by atoms with E-state index >= 15 is 0 Å². The fourth-order valence-electron chi connectivity index (χ4n) is 2.24. The number of hydrogen-bond acceptors (Lipinski definition) is 4. The van der Waals surface area contributed by atoms with E-state index in [0.29, 0.717) is 11.4 Å². The molecule has 0 spiro atoms. The Labute approximate surface area is 127 Å². The first-order valence-corrected chi connectivity index (χ1v) is 6.85. The lowest BCUT2D eigenvalue weighted by molar-refractivity contribution is 0.0759. The first-order valence-electron chi connectivity index (χ1n) is 6.85. The molecular formula is C15H16FN3O3. The average molecular weight is 305 g/mol. The number of nitroso groups, excluding NO2 is 1. The summed E-state index contributed by atoms with van der Waals surface area (Å²) in [6.07, 6.45) is 1.04. The number of nitrogens with zero attached hydrogens (tertiary/aromatic N) is 2. The highest BCUT2D eigenvalue weighted by molar-refractivity contribution is 5.72. The summed E-state index contributed by atoms with van der Waals surface area (Å²) in [4.78, 5) is 21.5. The number of primary amides is 1. The number of ether oxygens (including phenoxy) is 1. The van der Waals surface area contributed by atoms with E-state index in [1.165, 1.54) is 12.1 Å². The topological polar surface area (TPSA) is 85.0 Å². The first-order chi connectivity index (χ1) is 10.5. The lowest BCUT2D eigenvalue weighted by atomic mass is 10.1. The van der Waals surface area contributed by atoms with Gasteiger partial charge in [0.2, 0.25) is 0 Å². The average Bonchev–Trinajstić information content (AvgIpc) is 2.95. The molecule has 1 aliphatic rings. The van der Waals surface area contributed by atoms with E-state index in [4.69, 9.17) is 10.5 Å². The highest BCUT2D eigenvalue weighted by atomic mass is 19.1. The van der Waals surface area contributed by atoms with E-state index in [0.717, 1.165) is 12.0 Å². The standard InChI is InChI=1S/C15H16FN3O3/c1-10(19(18-21)15(17)20)2-7-13-8-9-14(22-13)11-3-5-12(16)6-4-11/h3-6,10,13-14H,8-9H2,1H3,(H2,17,20). The Morgan fingerprint density at radius 1 is 1.45 bits per heavy atom. The molecule has 1 aromatic rings. The van der Waals surface area contributed by atoms with Crippen LogP contribution in [0.4, 0.5) is 9.18 Å². The monoisotopic (exact) mass is 305 g/mol.